The van der Waals surface area contributed by atoms with Crippen LogP contribution in [0.15, 0.2) is 72.8 Å². The Balaban J connectivity index is 1.47. The Hall–Kier alpha value is -3.47. The van der Waals surface area contributed by atoms with Crippen molar-refractivity contribution < 1.29 is 14.3 Å². The van der Waals surface area contributed by atoms with E-state index in [1.807, 2.05) is 42.5 Å². The zero-order chi connectivity index (χ0) is 21.6. The number of nitrogens with zero attached hydrogens (tertiary/aromatic N) is 1. The highest BCUT2D eigenvalue weighted by atomic mass is 16.5. The molecule has 1 aliphatic rings. The number of anilines is 1. The molecule has 0 bridgehead atoms. The van der Waals surface area contributed by atoms with Crippen molar-refractivity contribution in [3.63, 3.8) is 0 Å². The number of benzene rings is 3. The van der Waals surface area contributed by atoms with Crippen molar-refractivity contribution >= 4 is 11.6 Å². The molecular formula is C26H28N2O3. The van der Waals surface area contributed by atoms with E-state index in [-0.39, 0.29) is 11.9 Å². The van der Waals surface area contributed by atoms with Gasteiger partial charge in [0.2, 0.25) is 5.91 Å². The molecule has 0 aromatic heterocycles. The maximum absolute atomic E-state index is 12.8. The van der Waals surface area contributed by atoms with Crippen molar-refractivity contribution in [3.8, 4) is 11.5 Å². The molecule has 0 fully saturated rings. The Morgan fingerprint density at radius 3 is 2.68 bits per heavy atom. The number of carbonyl (C=O) groups excluding carboxylic acids is 1. The fraction of sp³-hybridized carbons (Fsp3) is 0.269. The molecule has 31 heavy (non-hydrogen) atoms. The molecule has 0 spiro atoms. The zero-order valence-corrected chi connectivity index (χ0v) is 18.0. The monoisotopic (exact) mass is 416 g/mol. The minimum absolute atomic E-state index is 0.00467. The average Bonchev–Trinajstić information content (AvgIpc) is 2.80. The number of aryl methyl sites for hydroxylation is 1. The molecule has 5 heteroatoms. The molecule has 1 amide bonds. The lowest BCUT2D eigenvalue weighted by Gasteiger charge is -2.38. The number of hydrogen-bond acceptors (Lipinski definition) is 4. The lowest BCUT2D eigenvalue weighted by Crippen LogP contribution is -2.45. The largest absolute Gasteiger partial charge is 0.497 e. The van der Waals surface area contributed by atoms with Crippen molar-refractivity contribution in [1.82, 2.24) is 5.32 Å². The van der Waals surface area contributed by atoms with Crippen molar-refractivity contribution in [2.24, 2.45) is 0 Å². The second-order valence-electron chi connectivity index (χ2n) is 7.88. The molecule has 4 rings (SSSR count). The number of methoxy groups -OCH3 is 1. The van der Waals surface area contributed by atoms with E-state index >= 15 is 0 Å². The summed E-state index contributed by atoms with van der Waals surface area (Å²) >= 11 is 0. The second-order valence-corrected chi connectivity index (χ2v) is 7.88. The highest BCUT2D eigenvalue weighted by molar-refractivity contribution is 5.77. The van der Waals surface area contributed by atoms with Gasteiger partial charge >= 0.3 is 0 Å². The fourth-order valence-electron chi connectivity index (χ4n) is 3.88. The summed E-state index contributed by atoms with van der Waals surface area (Å²) in [6.07, 6.45) is 0.365. The third-order valence-corrected chi connectivity index (χ3v) is 5.54. The van der Waals surface area contributed by atoms with Gasteiger partial charge in [0.05, 0.1) is 25.3 Å². The van der Waals surface area contributed by atoms with Gasteiger partial charge in [0, 0.05) is 13.1 Å². The first-order valence-corrected chi connectivity index (χ1v) is 10.6. The molecule has 1 atom stereocenters. The Kier molecular flexibility index (Phi) is 6.41. The summed E-state index contributed by atoms with van der Waals surface area (Å²) in [6, 6.07) is 24.3. The van der Waals surface area contributed by atoms with E-state index in [9.17, 15) is 4.79 Å². The fourth-order valence-corrected chi connectivity index (χ4v) is 3.88. The molecule has 160 valence electrons. The minimum atomic E-state index is -0.0410. The van der Waals surface area contributed by atoms with Crippen molar-refractivity contribution in [2.45, 2.75) is 32.5 Å². The van der Waals surface area contributed by atoms with Gasteiger partial charge in [0.15, 0.2) is 0 Å². The van der Waals surface area contributed by atoms with E-state index in [0.717, 1.165) is 34.9 Å². The molecule has 1 aliphatic heterocycles. The van der Waals surface area contributed by atoms with Crippen LogP contribution in [0.4, 0.5) is 5.69 Å². The summed E-state index contributed by atoms with van der Waals surface area (Å²) in [5.41, 5.74) is 4.41. The van der Waals surface area contributed by atoms with E-state index in [0.29, 0.717) is 19.6 Å². The first kappa shape index (κ1) is 20.8. The number of ether oxygens (including phenoxy) is 2. The van der Waals surface area contributed by atoms with Crippen molar-refractivity contribution in [3.05, 3.63) is 89.5 Å². The van der Waals surface area contributed by atoms with Gasteiger partial charge in [-0.15, -0.1) is 0 Å². The van der Waals surface area contributed by atoms with Gasteiger partial charge in [-0.05, 0) is 47.9 Å². The van der Waals surface area contributed by atoms with Crippen LogP contribution < -0.4 is 19.7 Å². The lowest BCUT2D eigenvalue weighted by molar-refractivity contribution is -0.121. The molecule has 0 aliphatic carbocycles. The quantitative estimate of drug-likeness (QED) is 0.617. The average molecular weight is 417 g/mol. The summed E-state index contributed by atoms with van der Waals surface area (Å²) < 4.78 is 11.3. The number of rotatable bonds is 7. The van der Waals surface area contributed by atoms with Gasteiger partial charge in [-0.1, -0.05) is 48.5 Å². The predicted molar refractivity (Wildman–Crippen MR) is 123 cm³/mol. The van der Waals surface area contributed by atoms with Crippen molar-refractivity contribution in [1.29, 1.82) is 0 Å². The molecule has 1 unspecified atom stereocenters. The molecule has 1 N–H and O–H groups in total. The van der Waals surface area contributed by atoms with Gasteiger partial charge in [0.25, 0.3) is 0 Å². The highest BCUT2D eigenvalue weighted by Crippen LogP contribution is 2.36. The first-order valence-electron chi connectivity index (χ1n) is 10.6. The number of nitrogens with one attached hydrogen (secondary N) is 1. The van der Waals surface area contributed by atoms with Crippen LogP contribution in [0, 0.1) is 6.92 Å². The van der Waals surface area contributed by atoms with E-state index in [1.54, 1.807) is 7.11 Å². The van der Waals surface area contributed by atoms with Gasteiger partial charge in [-0.3, -0.25) is 4.79 Å². The van der Waals surface area contributed by atoms with Crippen LogP contribution in [0.2, 0.25) is 0 Å². The molecule has 0 saturated heterocycles. The van der Waals surface area contributed by atoms with Crippen LogP contribution in [0.5, 0.6) is 11.5 Å². The van der Waals surface area contributed by atoms with E-state index < -0.39 is 0 Å². The Morgan fingerprint density at radius 1 is 1.06 bits per heavy atom. The summed E-state index contributed by atoms with van der Waals surface area (Å²) in [5, 5.41) is 3.04. The first-order chi connectivity index (χ1) is 15.1. The molecule has 1 heterocycles. The summed E-state index contributed by atoms with van der Waals surface area (Å²) in [5.74, 6) is 1.67. The molecular weight excluding hydrogens is 388 g/mol. The minimum Gasteiger partial charge on any atom is -0.497 e. The van der Waals surface area contributed by atoms with Crippen LogP contribution in [0.3, 0.4) is 0 Å². The zero-order valence-electron chi connectivity index (χ0n) is 18.0. The van der Waals surface area contributed by atoms with Crippen LogP contribution in [-0.2, 0) is 17.9 Å². The third kappa shape index (κ3) is 5.18. The lowest BCUT2D eigenvalue weighted by atomic mass is 10.0. The van der Waals surface area contributed by atoms with Crippen LogP contribution in [0.25, 0.3) is 0 Å². The highest BCUT2D eigenvalue weighted by Gasteiger charge is 2.29. The van der Waals surface area contributed by atoms with E-state index in [1.165, 1.54) is 5.56 Å². The molecule has 5 nitrogen and oxygen atoms in total. The second kappa shape index (κ2) is 9.56. The summed E-state index contributed by atoms with van der Waals surface area (Å²) in [7, 11) is 1.64. The SMILES string of the molecule is COc1cccc(CNC(=O)CC2COc3cc(C)ccc3N2Cc2ccccc2)c1. The van der Waals surface area contributed by atoms with Gasteiger partial charge in [0.1, 0.15) is 18.1 Å². The summed E-state index contributed by atoms with van der Waals surface area (Å²) in [4.78, 5) is 15.1. The number of hydrogen-bond donors (Lipinski definition) is 1. The number of fused-ring (bicyclic) bond motifs is 1. The van der Waals surface area contributed by atoms with Crippen LogP contribution in [-0.4, -0.2) is 25.7 Å². The van der Waals surface area contributed by atoms with Crippen LogP contribution in [0.1, 0.15) is 23.1 Å². The standard InChI is InChI=1S/C26H28N2O3/c1-19-11-12-24-25(13-19)31-18-22(28(24)17-20-7-4-3-5-8-20)15-26(29)27-16-21-9-6-10-23(14-21)30-2/h3-14,22H,15-18H2,1-2H3,(H,27,29). The molecule has 0 radical (unpaired) electrons. The van der Waals surface area contributed by atoms with Gasteiger partial charge in [-0.25, -0.2) is 0 Å². The topological polar surface area (TPSA) is 50.8 Å². The van der Waals surface area contributed by atoms with E-state index in [4.69, 9.17) is 9.47 Å². The smallest absolute Gasteiger partial charge is 0.222 e. The predicted octanol–water partition coefficient (Wildman–Crippen LogP) is 4.48. The van der Waals surface area contributed by atoms with Gasteiger partial charge < -0.3 is 19.7 Å². The van der Waals surface area contributed by atoms with Crippen LogP contribution >= 0.6 is 0 Å². The Labute approximate surface area is 183 Å². The van der Waals surface area contributed by atoms with E-state index in [2.05, 4.69) is 47.5 Å². The normalized spacial score (nSPS) is 15.0. The van der Waals surface area contributed by atoms with Gasteiger partial charge in [-0.2, -0.15) is 0 Å². The molecule has 3 aromatic carbocycles. The number of amides is 1. The Morgan fingerprint density at radius 2 is 1.87 bits per heavy atom. The summed E-state index contributed by atoms with van der Waals surface area (Å²) in [6.45, 7) is 3.74. The number of carbonyl (C=O) groups is 1. The maximum atomic E-state index is 12.8. The molecule has 3 aromatic rings. The third-order valence-electron chi connectivity index (χ3n) is 5.54. The maximum Gasteiger partial charge on any atom is 0.222 e. The Bertz CT molecular complexity index is 1040. The molecule has 0 saturated carbocycles. The van der Waals surface area contributed by atoms with Crippen molar-refractivity contribution in [2.75, 3.05) is 18.6 Å².